The van der Waals surface area contributed by atoms with Gasteiger partial charge in [-0.15, -0.1) is 0 Å². The second kappa shape index (κ2) is 11.6. The fourth-order valence-electron chi connectivity index (χ4n) is 1.15. The largest absolute Gasteiger partial charge is 0.766 e. The van der Waals surface area contributed by atoms with Crippen molar-refractivity contribution in [3.05, 3.63) is 0 Å². The molecule has 0 bridgehead atoms. The van der Waals surface area contributed by atoms with Crippen LogP contribution in [0.25, 0.3) is 0 Å². The summed E-state index contributed by atoms with van der Waals surface area (Å²) in [5.74, 6) is 0. The first-order chi connectivity index (χ1) is 7.41. The highest BCUT2D eigenvalue weighted by Crippen LogP contribution is 2.21. The lowest BCUT2D eigenvalue weighted by atomic mass is 10.3. The van der Waals surface area contributed by atoms with Gasteiger partial charge >= 0.3 is 0 Å². The molecule has 0 heterocycles. The molecule has 0 spiro atoms. The van der Waals surface area contributed by atoms with Crippen molar-refractivity contribution in [3.63, 3.8) is 0 Å². The minimum absolute atomic E-state index is 0.327. The first-order valence-electron chi connectivity index (χ1n) is 6.03. The summed E-state index contributed by atoms with van der Waals surface area (Å²) in [5, 5.41) is 1.98. The van der Waals surface area contributed by atoms with Crippen LogP contribution in [0.3, 0.4) is 0 Å². The third kappa shape index (κ3) is 16.5. The molecule has 0 aromatic carbocycles. The Kier molecular flexibility index (Phi) is 13.3. The van der Waals surface area contributed by atoms with Crippen LogP contribution in [-0.4, -0.2) is 31.1 Å². The van der Waals surface area contributed by atoms with E-state index in [1.165, 1.54) is 19.6 Å². The summed E-state index contributed by atoms with van der Waals surface area (Å²) >= 11 is 0. The van der Waals surface area contributed by atoms with Crippen LogP contribution in [0.5, 0.6) is 0 Å². The lowest BCUT2D eigenvalue weighted by Crippen LogP contribution is -3.11. The van der Waals surface area contributed by atoms with E-state index in [2.05, 4.69) is 20.8 Å². The highest BCUT2D eigenvalue weighted by atomic mass is 31.2. The van der Waals surface area contributed by atoms with Crippen LogP contribution < -0.4 is 14.9 Å². The summed E-state index contributed by atoms with van der Waals surface area (Å²) in [6.45, 7) is 12.8. The lowest BCUT2D eigenvalue weighted by molar-refractivity contribution is -0.894. The van der Waals surface area contributed by atoms with Gasteiger partial charge in [-0.2, -0.15) is 0 Å². The third-order valence-corrected chi connectivity index (χ3v) is 2.97. The number of quaternary nitrogens is 1. The van der Waals surface area contributed by atoms with Crippen molar-refractivity contribution in [1.29, 1.82) is 0 Å². The Bertz CT molecular complexity index is 175. The molecule has 0 rings (SSSR count). The second-order valence-corrected chi connectivity index (χ2v) is 4.95. The maximum Gasteiger partial charge on any atom is 0.201 e. The Hall–Kier alpha value is 0.0700. The summed E-state index contributed by atoms with van der Waals surface area (Å²) in [6.07, 6.45) is 1.67. The maximum absolute atomic E-state index is 9.98. The van der Waals surface area contributed by atoms with E-state index in [1.807, 2.05) is 12.0 Å². The summed E-state index contributed by atoms with van der Waals surface area (Å²) in [4.78, 5) is 19.8. The molecular formula is C10H27N2O3P. The predicted octanol–water partition coefficient (Wildman–Crippen LogP) is -0.232. The number of hydrogen-bond donors (Lipinski definition) is 3. The van der Waals surface area contributed by atoms with Gasteiger partial charge in [-0.1, -0.05) is 13.3 Å². The smallest absolute Gasteiger partial charge is 0.201 e. The lowest BCUT2D eigenvalue weighted by Gasteiger charge is -2.15. The molecule has 0 saturated carbocycles. The zero-order chi connectivity index (χ0) is 13.0. The van der Waals surface area contributed by atoms with Crippen molar-refractivity contribution in [1.82, 2.24) is 5.09 Å². The second-order valence-electron chi connectivity index (χ2n) is 3.59. The number of unbranched alkanes of at least 4 members (excludes halogenated alkanes) is 1. The van der Waals surface area contributed by atoms with Gasteiger partial charge in [-0.3, -0.25) is 9.65 Å². The standard InChI is InChI=1S/C6H15N.C4H12NO3P/c1-4-7(5-2)6-3;1-2-3-4-5-9(6,7)8/h4-6H2,1-3H3;2-4H2,1H3,(H3,5,6,7,8). The van der Waals surface area contributed by atoms with Crippen LogP contribution in [0.1, 0.15) is 40.5 Å². The topological polar surface area (TPSA) is 76.8 Å². The van der Waals surface area contributed by atoms with Crippen molar-refractivity contribution in [2.75, 3.05) is 26.2 Å². The van der Waals surface area contributed by atoms with E-state index in [9.17, 15) is 9.46 Å². The van der Waals surface area contributed by atoms with Gasteiger partial charge in [-0.05, 0) is 27.2 Å². The Balaban J connectivity index is 0. The van der Waals surface area contributed by atoms with E-state index in [0.29, 0.717) is 6.54 Å². The zero-order valence-corrected chi connectivity index (χ0v) is 11.8. The molecule has 5 nitrogen and oxygen atoms in total. The fourth-order valence-corrected chi connectivity index (χ4v) is 1.59. The maximum atomic E-state index is 9.98. The average Bonchev–Trinajstić information content (AvgIpc) is 2.20. The summed E-state index contributed by atoms with van der Waals surface area (Å²) in [6, 6.07) is 0. The highest BCUT2D eigenvalue weighted by Gasteiger charge is 1.96. The molecule has 0 aliphatic rings. The molecule has 0 saturated heterocycles. The summed E-state index contributed by atoms with van der Waals surface area (Å²) < 4.78 is 9.98. The summed E-state index contributed by atoms with van der Waals surface area (Å²) in [7, 11) is -4.20. The van der Waals surface area contributed by atoms with Crippen molar-refractivity contribution in [2.45, 2.75) is 40.5 Å². The highest BCUT2D eigenvalue weighted by molar-refractivity contribution is 7.48. The Labute approximate surface area is 99.4 Å². The first kappa shape index (κ1) is 18.4. The molecule has 100 valence electrons. The van der Waals surface area contributed by atoms with Crippen molar-refractivity contribution in [2.24, 2.45) is 0 Å². The van der Waals surface area contributed by atoms with Gasteiger partial charge in [0.1, 0.15) is 0 Å². The van der Waals surface area contributed by atoms with Crippen LogP contribution in [0, 0.1) is 0 Å². The normalized spacial score (nSPS) is 14.2. The Morgan fingerprint density at radius 1 is 1.19 bits per heavy atom. The molecule has 0 radical (unpaired) electrons. The first-order valence-corrected chi connectivity index (χ1v) is 7.61. The van der Waals surface area contributed by atoms with Crippen LogP contribution in [0.4, 0.5) is 0 Å². The van der Waals surface area contributed by atoms with Gasteiger partial charge in [0.15, 0.2) is 0 Å². The van der Waals surface area contributed by atoms with Crippen molar-refractivity contribution < 1.29 is 19.3 Å². The van der Waals surface area contributed by atoms with E-state index >= 15 is 0 Å². The van der Waals surface area contributed by atoms with E-state index in [1.54, 1.807) is 4.90 Å². The summed E-state index contributed by atoms with van der Waals surface area (Å²) in [5.41, 5.74) is 0. The van der Waals surface area contributed by atoms with Gasteiger partial charge in [0.2, 0.25) is 7.75 Å². The van der Waals surface area contributed by atoms with Crippen LogP contribution in [0.15, 0.2) is 0 Å². The predicted molar refractivity (Wildman–Crippen MR) is 65.3 cm³/mol. The van der Waals surface area contributed by atoms with Crippen molar-refractivity contribution >= 4 is 7.75 Å². The number of hydrogen-bond acceptors (Lipinski definition) is 2. The Morgan fingerprint density at radius 2 is 1.62 bits per heavy atom. The van der Waals surface area contributed by atoms with Crippen LogP contribution in [0.2, 0.25) is 0 Å². The third-order valence-electron chi connectivity index (χ3n) is 2.34. The molecule has 0 aromatic rings. The van der Waals surface area contributed by atoms with E-state index in [4.69, 9.17) is 4.89 Å². The van der Waals surface area contributed by atoms with Crippen LogP contribution in [-0.2, 0) is 4.57 Å². The minimum atomic E-state index is -4.20. The molecule has 3 N–H and O–H groups in total. The molecule has 0 aliphatic carbocycles. The molecule has 1 atom stereocenters. The molecule has 1 unspecified atom stereocenters. The molecule has 0 aromatic heterocycles. The number of nitrogens with one attached hydrogen (secondary N) is 2. The minimum Gasteiger partial charge on any atom is -0.766 e. The quantitative estimate of drug-likeness (QED) is 0.433. The van der Waals surface area contributed by atoms with Gasteiger partial charge in [0.05, 0.1) is 19.6 Å². The van der Waals surface area contributed by atoms with E-state index in [0.717, 1.165) is 12.8 Å². The monoisotopic (exact) mass is 254 g/mol. The fraction of sp³-hybridized carbons (Fsp3) is 1.00. The molecular weight excluding hydrogens is 227 g/mol. The van der Waals surface area contributed by atoms with Gasteiger partial charge in [0, 0.05) is 6.54 Å². The van der Waals surface area contributed by atoms with Gasteiger partial charge in [0.25, 0.3) is 0 Å². The molecule has 0 amide bonds. The molecule has 6 heteroatoms. The van der Waals surface area contributed by atoms with E-state index in [-0.39, 0.29) is 0 Å². The number of rotatable bonds is 7. The van der Waals surface area contributed by atoms with Crippen molar-refractivity contribution in [3.8, 4) is 0 Å². The Morgan fingerprint density at radius 3 is 1.81 bits per heavy atom. The van der Waals surface area contributed by atoms with Gasteiger partial charge < -0.3 is 14.7 Å². The molecule has 0 fully saturated rings. The SMILES string of the molecule is CCCCNP(=O)([O-])O.CC[NH+](CC)CC. The van der Waals surface area contributed by atoms with Gasteiger partial charge in [-0.25, -0.2) is 0 Å². The molecule has 16 heavy (non-hydrogen) atoms. The van der Waals surface area contributed by atoms with Crippen LogP contribution >= 0.6 is 7.75 Å². The zero-order valence-electron chi connectivity index (χ0n) is 11.0. The van der Waals surface area contributed by atoms with E-state index < -0.39 is 7.75 Å². The average molecular weight is 254 g/mol. The molecule has 0 aliphatic heterocycles.